The van der Waals surface area contributed by atoms with Gasteiger partial charge in [-0.3, -0.25) is 0 Å². The number of benzene rings is 1. The van der Waals surface area contributed by atoms with Gasteiger partial charge in [0.25, 0.3) is 0 Å². The maximum atomic E-state index is 12.1. The minimum atomic E-state index is -2.97. The largest absolute Gasteiger partial charge is 0.343 e. The molecule has 1 aromatic carbocycles. The number of hydrogen-bond acceptors (Lipinski definition) is 3. The molecule has 0 unspecified atom stereocenters. The first-order chi connectivity index (χ1) is 10.0. The van der Waals surface area contributed by atoms with Gasteiger partial charge in [-0.2, -0.15) is 0 Å². The van der Waals surface area contributed by atoms with Crippen LogP contribution < -0.4 is 4.90 Å². The number of anilines is 1. The molecule has 3 rings (SSSR count). The van der Waals surface area contributed by atoms with Gasteiger partial charge in [0.1, 0.15) is 0 Å². The second-order valence-corrected chi connectivity index (χ2v) is 8.27. The van der Waals surface area contributed by atoms with Crippen molar-refractivity contribution in [3.63, 3.8) is 0 Å². The Hall–Kier alpha value is -1.14. The van der Waals surface area contributed by atoms with Crippen molar-refractivity contribution < 1.29 is 8.42 Å². The fourth-order valence-corrected chi connectivity index (χ4v) is 5.67. The SMILES string of the molecule is CCCCN1C(=S)N(c2ccccc2)[C@@H]2CS(=O)(=O)C[C@@H]21. The minimum Gasteiger partial charge on any atom is -0.343 e. The van der Waals surface area contributed by atoms with Gasteiger partial charge in [0.05, 0.1) is 23.6 Å². The van der Waals surface area contributed by atoms with E-state index < -0.39 is 9.84 Å². The lowest BCUT2D eigenvalue weighted by molar-refractivity contribution is 0.351. The van der Waals surface area contributed by atoms with E-state index in [1.807, 2.05) is 35.2 Å². The van der Waals surface area contributed by atoms with Crippen LogP contribution >= 0.6 is 12.2 Å². The van der Waals surface area contributed by atoms with Gasteiger partial charge in [-0.15, -0.1) is 0 Å². The second-order valence-electron chi connectivity index (χ2n) is 5.75. The number of sulfone groups is 1. The summed E-state index contributed by atoms with van der Waals surface area (Å²) in [6.45, 7) is 2.98. The Morgan fingerprint density at radius 1 is 1.19 bits per heavy atom. The number of para-hydroxylation sites is 1. The van der Waals surface area contributed by atoms with Crippen LogP contribution in [-0.2, 0) is 9.84 Å². The first-order valence-corrected chi connectivity index (χ1v) is 9.62. The first-order valence-electron chi connectivity index (χ1n) is 7.39. The molecule has 0 aliphatic carbocycles. The first kappa shape index (κ1) is 14.8. The standard InChI is InChI=1S/C15H20N2O2S2/c1-2-3-9-16-13-10-21(18,19)11-14(13)17(15(16)20)12-7-5-4-6-8-12/h4-8,13-14H,2-3,9-11H2,1H3/t13-,14+/m0/s1. The van der Waals surface area contributed by atoms with Crippen molar-refractivity contribution in [1.29, 1.82) is 0 Å². The van der Waals surface area contributed by atoms with Gasteiger partial charge in [0.2, 0.25) is 0 Å². The van der Waals surface area contributed by atoms with E-state index in [9.17, 15) is 8.42 Å². The van der Waals surface area contributed by atoms with Crippen LogP contribution in [0.15, 0.2) is 30.3 Å². The molecule has 2 saturated heterocycles. The van der Waals surface area contributed by atoms with Crippen molar-refractivity contribution >= 4 is 32.9 Å². The third-order valence-electron chi connectivity index (χ3n) is 4.26. The van der Waals surface area contributed by atoms with E-state index in [4.69, 9.17) is 12.2 Å². The highest BCUT2D eigenvalue weighted by molar-refractivity contribution is 7.91. The van der Waals surface area contributed by atoms with Gasteiger partial charge in [0, 0.05) is 12.2 Å². The number of thiocarbonyl (C=S) groups is 1. The highest BCUT2D eigenvalue weighted by atomic mass is 32.2. The minimum absolute atomic E-state index is 0.00857. The van der Waals surface area contributed by atoms with Gasteiger partial charge in [-0.25, -0.2) is 8.42 Å². The molecule has 2 aliphatic rings. The zero-order valence-electron chi connectivity index (χ0n) is 12.1. The third-order valence-corrected chi connectivity index (χ3v) is 6.39. The van der Waals surface area contributed by atoms with E-state index in [0.29, 0.717) is 0 Å². The normalized spacial score (nSPS) is 27.2. The fraction of sp³-hybridized carbons (Fsp3) is 0.533. The van der Waals surface area contributed by atoms with E-state index in [0.717, 1.165) is 30.2 Å². The van der Waals surface area contributed by atoms with Crippen LogP contribution in [0.1, 0.15) is 19.8 Å². The topological polar surface area (TPSA) is 40.6 Å². The zero-order valence-corrected chi connectivity index (χ0v) is 13.7. The smallest absolute Gasteiger partial charge is 0.176 e. The maximum absolute atomic E-state index is 12.1. The predicted octanol–water partition coefficient (Wildman–Crippen LogP) is 2.06. The van der Waals surface area contributed by atoms with Gasteiger partial charge in [-0.1, -0.05) is 31.5 Å². The summed E-state index contributed by atoms with van der Waals surface area (Å²) in [5, 5.41) is 0.777. The fourth-order valence-electron chi connectivity index (χ4n) is 3.26. The van der Waals surface area contributed by atoms with Gasteiger partial charge in [-0.05, 0) is 30.8 Å². The lowest BCUT2D eigenvalue weighted by atomic mass is 10.1. The Balaban J connectivity index is 1.95. The summed E-state index contributed by atoms with van der Waals surface area (Å²) in [6, 6.07) is 9.85. The Morgan fingerprint density at radius 2 is 1.86 bits per heavy atom. The Bertz CT molecular complexity index is 630. The summed E-state index contributed by atoms with van der Waals surface area (Å²) in [4.78, 5) is 4.17. The van der Waals surface area contributed by atoms with Crippen LogP contribution in [0.3, 0.4) is 0 Å². The summed E-state index contributed by atoms with van der Waals surface area (Å²) in [6.07, 6.45) is 2.11. The van der Waals surface area contributed by atoms with Crippen molar-refractivity contribution in [2.75, 3.05) is 23.0 Å². The quantitative estimate of drug-likeness (QED) is 0.793. The van der Waals surface area contributed by atoms with Crippen molar-refractivity contribution in [2.45, 2.75) is 31.8 Å². The van der Waals surface area contributed by atoms with E-state index in [-0.39, 0.29) is 23.6 Å². The summed E-state index contributed by atoms with van der Waals surface area (Å²) in [5.74, 6) is 0.431. The number of fused-ring (bicyclic) bond motifs is 1. The monoisotopic (exact) mass is 324 g/mol. The van der Waals surface area contributed by atoms with Crippen LogP contribution in [0.4, 0.5) is 5.69 Å². The highest BCUT2D eigenvalue weighted by Crippen LogP contribution is 2.35. The highest BCUT2D eigenvalue weighted by Gasteiger charge is 2.51. The molecule has 0 aromatic heterocycles. The number of rotatable bonds is 4. The van der Waals surface area contributed by atoms with Crippen LogP contribution in [0.2, 0.25) is 0 Å². The predicted molar refractivity (Wildman–Crippen MR) is 89.4 cm³/mol. The summed E-state index contributed by atoms with van der Waals surface area (Å²) in [7, 11) is -2.97. The van der Waals surface area contributed by atoms with Crippen LogP contribution in [0.25, 0.3) is 0 Å². The molecule has 114 valence electrons. The molecule has 6 heteroatoms. The molecular weight excluding hydrogens is 304 g/mol. The van der Waals surface area contributed by atoms with E-state index >= 15 is 0 Å². The molecule has 2 atom stereocenters. The van der Waals surface area contributed by atoms with E-state index in [1.165, 1.54) is 0 Å². The maximum Gasteiger partial charge on any atom is 0.176 e. The molecule has 0 spiro atoms. The van der Waals surface area contributed by atoms with Crippen LogP contribution in [0.5, 0.6) is 0 Å². The van der Waals surface area contributed by atoms with Crippen LogP contribution in [0, 0.1) is 0 Å². The van der Waals surface area contributed by atoms with Crippen LogP contribution in [-0.4, -0.2) is 48.6 Å². The molecule has 1 aromatic rings. The average molecular weight is 324 g/mol. The van der Waals surface area contributed by atoms with Crippen molar-refractivity contribution in [2.24, 2.45) is 0 Å². The molecule has 4 nitrogen and oxygen atoms in total. The Labute approximate surface area is 131 Å². The van der Waals surface area contributed by atoms with Crippen molar-refractivity contribution in [1.82, 2.24) is 4.90 Å². The molecule has 0 N–H and O–H groups in total. The molecule has 0 saturated carbocycles. The average Bonchev–Trinajstić information content (AvgIpc) is 2.87. The molecular formula is C15H20N2O2S2. The summed E-state index contributed by atoms with van der Waals surface area (Å²) < 4.78 is 24.1. The molecule has 0 radical (unpaired) electrons. The van der Waals surface area contributed by atoms with Crippen molar-refractivity contribution in [3.8, 4) is 0 Å². The molecule has 0 bridgehead atoms. The lowest BCUT2D eigenvalue weighted by Gasteiger charge is -2.25. The zero-order chi connectivity index (χ0) is 15.0. The number of nitrogens with zero attached hydrogens (tertiary/aromatic N) is 2. The lowest BCUT2D eigenvalue weighted by Crippen LogP contribution is -2.38. The van der Waals surface area contributed by atoms with Gasteiger partial charge in [0.15, 0.2) is 14.9 Å². The Morgan fingerprint density at radius 3 is 2.52 bits per heavy atom. The summed E-state index contributed by atoms with van der Waals surface area (Å²) >= 11 is 5.64. The van der Waals surface area contributed by atoms with Gasteiger partial charge < -0.3 is 9.80 Å². The molecule has 21 heavy (non-hydrogen) atoms. The number of hydrogen-bond donors (Lipinski definition) is 0. The second kappa shape index (κ2) is 5.57. The third kappa shape index (κ3) is 2.66. The van der Waals surface area contributed by atoms with Crippen molar-refractivity contribution in [3.05, 3.63) is 30.3 Å². The number of unbranched alkanes of at least 4 members (excludes halogenated alkanes) is 1. The van der Waals surface area contributed by atoms with Gasteiger partial charge >= 0.3 is 0 Å². The summed E-state index contributed by atoms with van der Waals surface area (Å²) in [5.41, 5.74) is 0.994. The molecule has 2 fully saturated rings. The molecule has 2 aliphatic heterocycles. The molecule has 0 amide bonds. The van der Waals surface area contributed by atoms with E-state index in [2.05, 4.69) is 11.8 Å². The Kier molecular flexibility index (Phi) is 3.92. The molecule has 2 heterocycles. The van der Waals surface area contributed by atoms with E-state index in [1.54, 1.807) is 0 Å².